The molecular weight excluding hydrogens is 340 g/mol. The third kappa shape index (κ3) is 4.40. The zero-order chi connectivity index (χ0) is 18.8. The molecule has 7 nitrogen and oxygen atoms in total. The lowest BCUT2D eigenvalue weighted by Gasteiger charge is -2.21. The summed E-state index contributed by atoms with van der Waals surface area (Å²) in [6.07, 6.45) is 8.46. The molecule has 2 aromatic rings. The van der Waals surface area contributed by atoms with E-state index in [1.54, 1.807) is 0 Å². The number of aromatic amines is 1. The lowest BCUT2D eigenvalue weighted by molar-refractivity contribution is 0.0755. The van der Waals surface area contributed by atoms with E-state index < -0.39 is 0 Å². The van der Waals surface area contributed by atoms with E-state index in [9.17, 15) is 4.79 Å². The summed E-state index contributed by atoms with van der Waals surface area (Å²) in [5.41, 5.74) is 1.58. The summed E-state index contributed by atoms with van der Waals surface area (Å²) in [7, 11) is 0. The Labute approximate surface area is 160 Å². The number of H-pyrrole nitrogens is 1. The van der Waals surface area contributed by atoms with Crippen molar-refractivity contribution in [1.82, 2.24) is 29.5 Å². The van der Waals surface area contributed by atoms with E-state index >= 15 is 0 Å². The van der Waals surface area contributed by atoms with Crippen molar-refractivity contribution in [2.75, 3.05) is 26.2 Å². The van der Waals surface area contributed by atoms with E-state index in [1.165, 1.54) is 12.8 Å². The van der Waals surface area contributed by atoms with Crippen molar-refractivity contribution in [1.29, 1.82) is 0 Å². The van der Waals surface area contributed by atoms with Crippen LogP contribution < -0.4 is 0 Å². The van der Waals surface area contributed by atoms with E-state index in [1.807, 2.05) is 17.2 Å². The quantitative estimate of drug-likeness (QED) is 0.848. The van der Waals surface area contributed by atoms with Crippen LogP contribution in [0.15, 0.2) is 18.5 Å². The first kappa shape index (κ1) is 18.2. The Morgan fingerprint density at radius 2 is 2.11 bits per heavy atom. The molecule has 2 aliphatic rings. The fourth-order valence-electron chi connectivity index (χ4n) is 3.86. The molecule has 1 aliphatic heterocycles. The molecule has 1 aliphatic carbocycles. The van der Waals surface area contributed by atoms with Crippen molar-refractivity contribution >= 4 is 5.91 Å². The van der Waals surface area contributed by atoms with Gasteiger partial charge in [-0.1, -0.05) is 13.8 Å². The second-order valence-corrected chi connectivity index (χ2v) is 8.28. The van der Waals surface area contributed by atoms with Crippen LogP contribution in [0.3, 0.4) is 0 Å². The number of aromatic nitrogens is 4. The fraction of sp³-hybridized carbons (Fsp3) is 0.650. The molecule has 27 heavy (non-hydrogen) atoms. The second-order valence-electron chi connectivity index (χ2n) is 8.28. The monoisotopic (exact) mass is 370 g/mol. The molecule has 1 N–H and O–H groups in total. The van der Waals surface area contributed by atoms with Gasteiger partial charge in [-0.05, 0) is 37.7 Å². The standard InChI is InChI=1S/C20H30N6O/c1-15(2)12-16-13-18(23-22-16)20(27)25-8-3-7-24(10-11-25)14-19-21-6-9-26(19)17-4-5-17/h6,9,13,15,17H,3-5,7-8,10-12,14H2,1-2H3,(H,22,23). The minimum Gasteiger partial charge on any atom is -0.336 e. The van der Waals surface area contributed by atoms with E-state index in [-0.39, 0.29) is 5.91 Å². The number of hydrogen-bond donors (Lipinski definition) is 1. The number of carbonyl (C=O) groups excluding carboxylic acids is 1. The van der Waals surface area contributed by atoms with Gasteiger partial charge in [0, 0.05) is 50.3 Å². The summed E-state index contributed by atoms with van der Waals surface area (Å²) in [6, 6.07) is 2.57. The summed E-state index contributed by atoms with van der Waals surface area (Å²) in [4.78, 5) is 21.8. The van der Waals surface area contributed by atoms with Crippen LogP contribution in [0.5, 0.6) is 0 Å². The lowest BCUT2D eigenvalue weighted by atomic mass is 10.1. The fourth-order valence-corrected chi connectivity index (χ4v) is 3.86. The molecule has 1 saturated heterocycles. The average molecular weight is 371 g/mol. The van der Waals surface area contributed by atoms with Gasteiger partial charge in [0.05, 0.1) is 6.54 Å². The Balaban J connectivity index is 1.34. The Morgan fingerprint density at radius 1 is 1.26 bits per heavy atom. The van der Waals surface area contributed by atoms with Crippen molar-refractivity contribution < 1.29 is 4.79 Å². The second kappa shape index (κ2) is 7.84. The SMILES string of the molecule is CC(C)Cc1cc(C(=O)N2CCCN(Cc3nccn3C3CC3)CC2)n[nH]1. The third-order valence-corrected chi connectivity index (χ3v) is 5.41. The van der Waals surface area contributed by atoms with Crippen molar-refractivity contribution in [3.8, 4) is 0 Å². The smallest absolute Gasteiger partial charge is 0.274 e. The summed E-state index contributed by atoms with van der Waals surface area (Å²) in [5.74, 6) is 1.74. The van der Waals surface area contributed by atoms with Gasteiger partial charge in [-0.3, -0.25) is 14.8 Å². The zero-order valence-electron chi connectivity index (χ0n) is 16.4. The van der Waals surface area contributed by atoms with Crippen molar-refractivity contribution in [3.05, 3.63) is 35.7 Å². The molecule has 0 unspecified atom stereocenters. The predicted molar refractivity (Wildman–Crippen MR) is 103 cm³/mol. The molecule has 1 amide bonds. The highest BCUT2D eigenvalue weighted by molar-refractivity contribution is 5.92. The van der Waals surface area contributed by atoms with Gasteiger partial charge in [-0.25, -0.2) is 4.98 Å². The molecule has 3 heterocycles. The molecule has 1 saturated carbocycles. The molecular formula is C20H30N6O. The number of rotatable bonds is 6. The number of carbonyl (C=O) groups is 1. The lowest BCUT2D eigenvalue weighted by Crippen LogP contribution is -2.35. The van der Waals surface area contributed by atoms with Gasteiger partial charge in [0.1, 0.15) is 11.5 Å². The number of nitrogens with one attached hydrogen (secondary N) is 1. The van der Waals surface area contributed by atoms with E-state index in [4.69, 9.17) is 0 Å². The number of hydrogen-bond acceptors (Lipinski definition) is 4. The van der Waals surface area contributed by atoms with E-state index in [2.05, 4.69) is 44.7 Å². The number of amides is 1. The maximum Gasteiger partial charge on any atom is 0.274 e. The predicted octanol–water partition coefficient (Wildman–Crippen LogP) is 2.49. The highest BCUT2D eigenvalue weighted by Gasteiger charge is 2.27. The molecule has 146 valence electrons. The first-order chi connectivity index (χ1) is 13.1. The van der Waals surface area contributed by atoms with Gasteiger partial charge in [-0.15, -0.1) is 0 Å². The van der Waals surface area contributed by atoms with Crippen LogP contribution in [0.25, 0.3) is 0 Å². The maximum absolute atomic E-state index is 12.8. The van der Waals surface area contributed by atoms with Gasteiger partial charge in [-0.2, -0.15) is 5.10 Å². The number of nitrogens with zero attached hydrogens (tertiary/aromatic N) is 5. The Kier molecular flexibility index (Phi) is 5.29. The molecule has 0 aromatic carbocycles. The van der Waals surface area contributed by atoms with Crippen LogP contribution >= 0.6 is 0 Å². The molecule has 7 heteroatoms. The molecule has 2 aromatic heterocycles. The topological polar surface area (TPSA) is 70.1 Å². The average Bonchev–Trinajstić information content (AvgIpc) is 3.28. The van der Waals surface area contributed by atoms with Gasteiger partial charge in [0.25, 0.3) is 5.91 Å². The van der Waals surface area contributed by atoms with Crippen LogP contribution in [-0.4, -0.2) is 61.6 Å². The van der Waals surface area contributed by atoms with Crippen molar-refractivity contribution in [2.24, 2.45) is 5.92 Å². The molecule has 0 bridgehead atoms. The molecule has 0 spiro atoms. The van der Waals surface area contributed by atoms with Gasteiger partial charge in [0.2, 0.25) is 0 Å². The first-order valence-electron chi connectivity index (χ1n) is 10.2. The third-order valence-electron chi connectivity index (χ3n) is 5.41. The maximum atomic E-state index is 12.8. The summed E-state index contributed by atoms with van der Waals surface area (Å²) >= 11 is 0. The normalized spacial score (nSPS) is 18.9. The van der Waals surface area contributed by atoms with E-state index in [0.29, 0.717) is 17.7 Å². The molecule has 0 atom stereocenters. The highest BCUT2D eigenvalue weighted by atomic mass is 16.2. The van der Waals surface area contributed by atoms with Gasteiger partial charge >= 0.3 is 0 Å². The van der Waals surface area contributed by atoms with Crippen LogP contribution in [0.4, 0.5) is 0 Å². The minimum absolute atomic E-state index is 0.0441. The summed E-state index contributed by atoms with van der Waals surface area (Å²) in [5, 5.41) is 7.26. The largest absolute Gasteiger partial charge is 0.336 e. The highest BCUT2D eigenvalue weighted by Crippen LogP contribution is 2.35. The zero-order valence-corrected chi connectivity index (χ0v) is 16.4. The minimum atomic E-state index is 0.0441. The van der Waals surface area contributed by atoms with Crippen molar-refractivity contribution in [3.63, 3.8) is 0 Å². The molecule has 2 fully saturated rings. The summed E-state index contributed by atoms with van der Waals surface area (Å²) < 4.78 is 2.33. The molecule has 0 radical (unpaired) electrons. The van der Waals surface area contributed by atoms with Crippen LogP contribution in [0.2, 0.25) is 0 Å². The van der Waals surface area contributed by atoms with Crippen LogP contribution in [0.1, 0.15) is 61.2 Å². The Hall–Kier alpha value is -2.15. The van der Waals surface area contributed by atoms with Gasteiger partial charge < -0.3 is 9.47 Å². The summed E-state index contributed by atoms with van der Waals surface area (Å²) in [6.45, 7) is 8.62. The van der Waals surface area contributed by atoms with Crippen LogP contribution in [-0.2, 0) is 13.0 Å². The van der Waals surface area contributed by atoms with Crippen LogP contribution in [0, 0.1) is 5.92 Å². The first-order valence-corrected chi connectivity index (χ1v) is 10.2. The van der Waals surface area contributed by atoms with Crippen molar-refractivity contribution in [2.45, 2.75) is 52.1 Å². The molecule has 4 rings (SSSR count). The van der Waals surface area contributed by atoms with E-state index in [0.717, 1.165) is 57.1 Å². The number of imidazole rings is 1. The van der Waals surface area contributed by atoms with Gasteiger partial charge in [0.15, 0.2) is 0 Å². The Morgan fingerprint density at radius 3 is 2.89 bits per heavy atom. The Bertz CT molecular complexity index is 775.